The molecule has 0 saturated carbocycles. The van der Waals surface area contributed by atoms with E-state index < -0.39 is 23.2 Å². The summed E-state index contributed by atoms with van der Waals surface area (Å²) in [6.45, 7) is 0. The second kappa shape index (κ2) is 6.15. The largest absolute Gasteiger partial charge is 0.504 e. The van der Waals surface area contributed by atoms with Gasteiger partial charge in [-0.2, -0.15) is 5.10 Å². The Morgan fingerprint density at radius 2 is 1.76 bits per heavy atom. The fourth-order valence-electron chi connectivity index (χ4n) is 1.54. The lowest BCUT2D eigenvalue weighted by molar-refractivity contribution is 0.0954. The molecule has 2 aromatic carbocycles. The van der Waals surface area contributed by atoms with Crippen molar-refractivity contribution >= 4 is 23.7 Å². The molecule has 0 fully saturated rings. The zero-order chi connectivity index (χ0) is 15.4. The van der Waals surface area contributed by atoms with Crippen LogP contribution in [0, 0.1) is 0 Å². The molecule has 0 unspecified atom stereocenters. The highest BCUT2D eigenvalue weighted by molar-refractivity contribution is 6.33. The van der Waals surface area contributed by atoms with E-state index in [9.17, 15) is 20.1 Å². The van der Waals surface area contributed by atoms with E-state index in [0.29, 0.717) is 10.6 Å². The fourth-order valence-corrected chi connectivity index (χ4v) is 1.72. The van der Waals surface area contributed by atoms with Crippen molar-refractivity contribution in [2.45, 2.75) is 0 Å². The summed E-state index contributed by atoms with van der Waals surface area (Å²) in [6.07, 6.45) is 1.36. The van der Waals surface area contributed by atoms with Crippen LogP contribution in [0.2, 0.25) is 5.02 Å². The van der Waals surface area contributed by atoms with Crippen LogP contribution in [0.1, 0.15) is 15.9 Å². The summed E-state index contributed by atoms with van der Waals surface area (Å²) in [5.74, 6) is -2.56. The van der Waals surface area contributed by atoms with E-state index in [1.54, 1.807) is 24.3 Å². The van der Waals surface area contributed by atoms with Gasteiger partial charge in [-0.3, -0.25) is 4.79 Å². The highest BCUT2D eigenvalue weighted by Gasteiger charge is 2.12. The summed E-state index contributed by atoms with van der Waals surface area (Å²) >= 11 is 5.92. The standard InChI is InChI=1S/C14H11ClN2O4/c15-10-4-2-1-3-8(10)7-16-17-14(21)9-5-11(18)13(20)12(19)6-9/h1-7,18-20H,(H,17,21)/b16-7-. The lowest BCUT2D eigenvalue weighted by Crippen LogP contribution is -2.17. The number of aromatic hydroxyl groups is 3. The minimum absolute atomic E-state index is 0.0564. The van der Waals surface area contributed by atoms with Gasteiger partial charge in [-0.15, -0.1) is 0 Å². The molecule has 0 bridgehead atoms. The van der Waals surface area contributed by atoms with Gasteiger partial charge in [0.25, 0.3) is 5.91 Å². The average molecular weight is 307 g/mol. The first-order chi connectivity index (χ1) is 9.99. The van der Waals surface area contributed by atoms with Gasteiger partial charge in [-0.1, -0.05) is 29.8 Å². The molecule has 21 heavy (non-hydrogen) atoms. The summed E-state index contributed by atoms with van der Waals surface area (Å²) in [5.41, 5.74) is 2.78. The Labute approximate surface area is 124 Å². The van der Waals surface area contributed by atoms with Crippen LogP contribution in [0.5, 0.6) is 17.2 Å². The molecular formula is C14H11ClN2O4. The number of hydrogen-bond donors (Lipinski definition) is 4. The summed E-state index contributed by atoms with van der Waals surface area (Å²) < 4.78 is 0. The van der Waals surface area contributed by atoms with Gasteiger partial charge in [-0.05, 0) is 18.2 Å². The number of phenolic OH excluding ortho intramolecular Hbond substituents is 3. The Kier molecular flexibility index (Phi) is 4.30. The van der Waals surface area contributed by atoms with Crippen molar-refractivity contribution in [3.63, 3.8) is 0 Å². The summed E-state index contributed by atoms with van der Waals surface area (Å²) in [7, 11) is 0. The third-order valence-corrected chi connectivity index (χ3v) is 2.95. The number of nitrogens with zero attached hydrogens (tertiary/aromatic N) is 1. The number of benzene rings is 2. The lowest BCUT2D eigenvalue weighted by Gasteiger charge is -2.04. The van der Waals surface area contributed by atoms with Crippen LogP contribution >= 0.6 is 11.6 Å². The molecule has 7 heteroatoms. The first-order valence-electron chi connectivity index (χ1n) is 5.82. The number of amides is 1. The minimum atomic E-state index is -0.689. The number of carbonyl (C=O) groups is 1. The first kappa shape index (κ1) is 14.7. The molecule has 2 rings (SSSR count). The van der Waals surface area contributed by atoms with E-state index in [2.05, 4.69) is 10.5 Å². The van der Waals surface area contributed by atoms with Gasteiger partial charge in [0.15, 0.2) is 17.2 Å². The van der Waals surface area contributed by atoms with Crippen LogP contribution in [0.25, 0.3) is 0 Å². The molecule has 0 aliphatic rings. The van der Waals surface area contributed by atoms with E-state index in [-0.39, 0.29) is 5.56 Å². The Bertz CT molecular complexity index is 693. The monoisotopic (exact) mass is 306 g/mol. The van der Waals surface area contributed by atoms with Crippen molar-refractivity contribution in [2.75, 3.05) is 0 Å². The van der Waals surface area contributed by atoms with E-state index in [1.165, 1.54) is 6.21 Å². The van der Waals surface area contributed by atoms with Crippen LogP contribution < -0.4 is 5.43 Å². The molecule has 4 N–H and O–H groups in total. The molecular weight excluding hydrogens is 296 g/mol. The molecule has 0 spiro atoms. The molecule has 0 radical (unpaired) electrons. The van der Waals surface area contributed by atoms with Crippen LogP contribution in [0.3, 0.4) is 0 Å². The quantitative estimate of drug-likeness (QED) is 0.396. The van der Waals surface area contributed by atoms with E-state index in [1.807, 2.05) is 0 Å². The Morgan fingerprint density at radius 1 is 1.14 bits per heavy atom. The number of hydrogen-bond acceptors (Lipinski definition) is 5. The van der Waals surface area contributed by atoms with Gasteiger partial charge < -0.3 is 15.3 Å². The number of nitrogens with one attached hydrogen (secondary N) is 1. The molecule has 0 aromatic heterocycles. The molecule has 6 nitrogen and oxygen atoms in total. The van der Waals surface area contributed by atoms with Crippen LogP contribution in [-0.4, -0.2) is 27.4 Å². The van der Waals surface area contributed by atoms with Gasteiger partial charge in [0.05, 0.1) is 6.21 Å². The molecule has 2 aromatic rings. The van der Waals surface area contributed by atoms with Crippen LogP contribution in [-0.2, 0) is 0 Å². The topological polar surface area (TPSA) is 102 Å². The fraction of sp³-hybridized carbons (Fsp3) is 0. The number of rotatable bonds is 3. The predicted octanol–water partition coefficient (Wildman–Crippen LogP) is 2.22. The zero-order valence-electron chi connectivity index (χ0n) is 10.6. The third kappa shape index (κ3) is 3.43. The second-order valence-corrected chi connectivity index (χ2v) is 4.49. The number of carbonyl (C=O) groups excluding carboxylic acids is 1. The maximum Gasteiger partial charge on any atom is 0.271 e. The van der Waals surface area contributed by atoms with Crippen molar-refractivity contribution in [3.8, 4) is 17.2 Å². The molecule has 0 saturated heterocycles. The highest BCUT2D eigenvalue weighted by Crippen LogP contribution is 2.35. The Morgan fingerprint density at radius 3 is 2.38 bits per heavy atom. The minimum Gasteiger partial charge on any atom is -0.504 e. The molecule has 0 atom stereocenters. The normalized spacial score (nSPS) is 10.7. The first-order valence-corrected chi connectivity index (χ1v) is 6.19. The highest BCUT2D eigenvalue weighted by atomic mass is 35.5. The number of hydrazone groups is 1. The second-order valence-electron chi connectivity index (χ2n) is 4.08. The predicted molar refractivity (Wildman–Crippen MR) is 77.9 cm³/mol. The maximum atomic E-state index is 11.8. The SMILES string of the molecule is O=C(N/N=C\c1ccccc1Cl)c1cc(O)c(O)c(O)c1. The summed E-state index contributed by atoms with van der Waals surface area (Å²) in [5, 5.41) is 32.0. The van der Waals surface area contributed by atoms with Crippen molar-refractivity contribution in [3.05, 3.63) is 52.5 Å². The van der Waals surface area contributed by atoms with Gasteiger partial charge in [0.1, 0.15) is 0 Å². The maximum absolute atomic E-state index is 11.8. The van der Waals surface area contributed by atoms with Gasteiger partial charge >= 0.3 is 0 Å². The van der Waals surface area contributed by atoms with Crippen LogP contribution in [0.15, 0.2) is 41.5 Å². The van der Waals surface area contributed by atoms with Gasteiger partial charge in [0.2, 0.25) is 0 Å². The van der Waals surface area contributed by atoms with Crippen molar-refractivity contribution in [2.24, 2.45) is 5.10 Å². The molecule has 108 valence electrons. The van der Waals surface area contributed by atoms with Crippen molar-refractivity contribution in [1.82, 2.24) is 5.43 Å². The molecule has 0 aliphatic heterocycles. The lowest BCUT2D eigenvalue weighted by atomic mass is 10.2. The van der Waals surface area contributed by atoms with E-state index in [4.69, 9.17) is 11.6 Å². The van der Waals surface area contributed by atoms with Crippen molar-refractivity contribution in [1.29, 1.82) is 0 Å². The molecule has 1 amide bonds. The third-order valence-electron chi connectivity index (χ3n) is 2.61. The average Bonchev–Trinajstić information content (AvgIpc) is 2.46. The van der Waals surface area contributed by atoms with Crippen molar-refractivity contribution < 1.29 is 20.1 Å². The smallest absolute Gasteiger partial charge is 0.271 e. The zero-order valence-corrected chi connectivity index (χ0v) is 11.4. The van der Waals surface area contributed by atoms with E-state index >= 15 is 0 Å². The molecule has 0 heterocycles. The number of phenols is 3. The number of halogens is 1. The van der Waals surface area contributed by atoms with Crippen LogP contribution in [0.4, 0.5) is 0 Å². The van der Waals surface area contributed by atoms with Gasteiger partial charge in [0, 0.05) is 16.1 Å². The Balaban J connectivity index is 2.11. The molecule has 0 aliphatic carbocycles. The summed E-state index contributed by atoms with van der Waals surface area (Å²) in [4.78, 5) is 11.8. The van der Waals surface area contributed by atoms with E-state index in [0.717, 1.165) is 12.1 Å². The Hall–Kier alpha value is -2.73. The van der Waals surface area contributed by atoms with Gasteiger partial charge in [-0.25, -0.2) is 5.43 Å². The summed E-state index contributed by atoms with van der Waals surface area (Å²) in [6, 6.07) is 8.95.